The summed E-state index contributed by atoms with van der Waals surface area (Å²) in [4.78, 5) is 24.6. The van der Waals surface area contributed by atoms with Gasteiger partial charge in [-0.25, -0.2) is 9.18 Å². The lowest BCUT2D eigenvalue weighted by Gasteiger charge is -2.15. The van der Waals surface area contributed by atoms with E-state index in [1.807, 2.05) is 6.92 Å². The third-order valence-electron chi connectivity index (χ3n) is 4.05. The Bertz CT molecular complexity index is 961. The van der Waals surface area contributed by atoms with E-state index >= 15 is 0 Å². The maximum absolute atomic E-state index is 13.8. The zero-order valence-electron chi connectivity index (χ0n) is 15.3. The molecule has 2 aromatic rings. The van der Waals surface area contributed by atoms with Gasteiger partial charge in [-0.2, -0.15) is 0 Å². The Morgan fingerprint density at radius 3 is 2.61 bits per heavy atom. The van der Waals surface area contributed by atoms with Crippen LogP contribution < -0.4 is 14.8 Å². The second-order valence-electron chi connectivity index (χ2n) is 6.00. The van der Waals surface area contributed by atoms with Crippen molar-refractivity contribution in [3.8, 4) is 11.5 Å². The number of carbonyl (C=O) groups is 2. The van der Waals surface area contributed by atoms with Crippen LogP contribution in [0.4, 0.5) is 9.18 Å². The van der Waals surface area contributed by atoms with Gasteiger partial charge >= 0.3 is 6.03 Å². The summed E-state index contributed by atoms with van der Waals surface area (Å²) in [7, 11) is 1.40. The number of hydrogen-bond donors (Lipinski definition) is 1. The van der Waals surface area contributed by atoms with E-state index in [0.717, 1.165) is 4.90 Å². The average molecular weight is 449 g/mol. The van der Waals surface area contributed by atoms with Gasteiger partial charge in [-0.1, -0.05) is 18.2 Å². The van der Waals surface area contributed by atoms with Crippen molar-refractivity contribution in [1.82, 2.24) is 10.2 Å². The van der Waals surface area contributed by atoms with Crippen LogP contribution in [0.1, 0.15) is 18.1 Å². The summed E-state index contributed by atoms with van der Waals surface area (Å²) >= 11 is 3.44. The van der Waals surface area contributed by atoms with Crippen molar-refractivity contribution in [2.24, 2.45) is 0 Å². The van der Waals surface area contributed by atoms with E-state index in [2.05, 4.69) is 21.2 Å². The van der Waals surface area contributed by atoms with Gasteiger partial charge in [0.05, 0.1) is 11.1 Å². The van der Waals surface area contributed by atoms with Crippen LogP contribution >= 0.6 is 15.9 Å². The highest BCUT2D eigenvalue weighted by Gasteiger charge is 2.30. The van der Waals surface area contributed by atoms with Gasteiger partial charge in [-0.05, 0) is 52.7 Å². The molecule has 0 unspecified atom stereocenters. The minimum atomic E-state index is -0.481. The molecule has 0 saturated carbocycles. The molecule has 2 aromatic carbocycles. The number of amides is 3. The van der Waals surface area contributed by atoms with Crippen LogP contribution in [-0.4, -0.2) is 30.5 Å². The summed E-state index contributed by atoms with van der Waals surface area (Å²) in [5.74, 6) is 0.0906. The molecule has 1 aliphatic heterocycles. The molecule has 6 nitrogen and oxygen atoms in total. The fourth-order valence-corrected chi connectivity index (χ4v) is 3.20. The van der Waals surface area contributed by atoms with E-state index in [1.54, 1.807) is 36.4 Å². The second-order valence-corrected chi connectivity index (χ2v) is 6.85. The lowest BCUT2D eigenvalue weighted by molar-refractivity contribution is -0.121. The number of nitrogens with zero attached hydrogens (tertiary/aromatic N) is 1. The standard InChI is InChI=1S/C20H18BrFN2O4/c1-3-27-17-10-12(9-16-19(25)24(2)20(26)23-16)8-14(21)18(17)28-11-13-6-4-5-7-15(13)22/h4-10H,3,11H2,1-2H3,(H,23,26)/b16-9+. The third kappa shape index (κ3) is 4.17. The third-order valence-corrected chi connectivity index (χ3v) is 4.64. The molecule has 146 valence electrons. The number of hydrogen-bond acceptors (Lipinski definition) is 4. The van der Waals surface area contributed by atoms with E-state index in [0.29, 0.717) is 33.7 Å². The van der Waals surface area contributed by atoms with Crippen molar-refractivity contribution in [3.63, 3.8) is 0 Å². The van der Waals surface area contributed by atoms with Crippen molar-refractivity contribution in [1.29, 1.82) is 0 Å². The number of halogens is 2. The Labute approximate surface area is 170 Å². The molecule has 0 aromatic heterocycles. The molecule has 0 aliphatic carbocycles. The molecule has 28 heavy (non-hydrogen) atoms. The van der Waals surface area contributed by atoms with Gasteiger partial charge < -0.3 is 14.8 Å². The molecule has 0 spiro atoms. The number of likely N-dealkylation sites (N-methyl/N-ethyl adjacent to an activating group) is 1. The quantitative estimate of drug-likeness (QED) is 0.533. The number of nitrogens with one attached hydrogen (secondary N) is 1. The molecular weight excluding hydrogens is 431 g/mol. The minimum Gasteiger partial charge on any atom is -0.490 e. The Balaban J connectivity index is 1.89. The molecular formula is C20H18BrFN2O4. The van der Waals surface area contributed by atoms with Crippen LogP contribution in [0.15, 0.2) is 46.6 Å². The number of benzene rings is 2. The van der Waals surface area contributed by atoms with Gasteiger partial charge in [-0.3, -0.25) is 9.69 Å². The molecule has 1 saturated heterocycles. The average Bonchev–Trinajstić information content (AvgIpc) is 2.89. The van der Waals surface area contributed by atoms with Crippen LogP contribution in [0.25, 0.3) is 6.08 Å². The maximum atomic E-state index is 13.8. The zero-order valence-corrected chi connectivity index (χ0v) is 16.9. The van der Waals surface area contributed by atoms with E-state index < -0.39 is 11.9 Å². The number of carbonyl (C=O) groups excluding carboxylic acids is 2. The van der Waals surface area contributed by atoms with Crippen molar-refractivity contribution < 1.29 is 23.5 Å². The van der Waals surface area contributed by atoms with Gasteiger partial charge in [0, 0.05) is 12.6 Å². The first-order valence-corrected chi connectivity index (χ1v) is 9.33. The van der Waals surface area contributed by atoms with Crippen LogP contribution in [0.3, 0.4) is 0 Å². The largest absolute Gasteiger partial charge is 0.490 e. The van der Waals surface area contributed by atoms with Crippen molar-refractivity contribution in [3.05, 3.63) is 63.5 Å². The van der Waals surface area contributed by atoms with E-state index in [1.165, 1.54) is 13.1 Å². The van der Waals surface area contributed by atoms with Crippen molar-refractivity contribution in [2.75, 3.05) is 13.7 Å². The van der Waals surface area contributed by atoms with Gasteiger partial charge in [0.1, 0.15) is 18.1 Å². The van der Waals surface area contributed by atoms with Gasteiger partial charge in [-0.15, -0.1) is 0 Å². The molecule has 0 atom stereocenters. The highest BCUT2D eigenvalue weighted by Crippen LogP contribution is 2.38. The number of ether oxygens (including phenoxy) is 2. The molecule has 3 amide bonds. The molecule has 0 radical (unpaired) electrons. The van der Waals surface area contributed by atoms with Gasteiger partial charge in [0.2, 0.25) is 0 Å². The monoisotopic (exact) mass is 448 g/mol. The topological polar surface area (TPSA) is 67.9 Å². The normalized spacial score (nSPS) is 15.1. The summed E-state index contributed by atoms with van der Waals surface area (Å²) in [5.41, 5.74) is 1.22. The Kier molecular flexibility index (Phi) is 5.99. The van der Waals surface area contributed by atoms with Crippen LogP contribution in [-0.2, 0) is 11.4 Å². The SMILES string of the molecule is CCOc1cc(/C=C2/NC(=O)N(C)C2=O)cc(Br)c1OCc1ccccc1F. The van der Waals surface area contributed by atoms with Crippen molar-refractivity contribution >= 4 is 33.9 Å². The molecule has 0 bridgehead atoms. The number of imide groups is 1. The molecule has 1 aliphatic rings. The van der Waals surface area contributed by atoms with E-state index in [9.17, 15) is 14.0 Å². The molecule has 1 heterocycles. The molecule has 1 N–H and O–H groups in total. The second kappa shape index (κ2) is 8.43. The summed E-state index contributed by atoms with van der Waals surface area (Å²) < 4.78 is 25.8. The Morgan fingerprint density at radius 1 is 1.21 bits per heavy atom. The van der Waals surface area contributed by atoms with Crippen LogP contribution in [0, 0.1) is 5.82 Å². The first-order valence-electron chi connectivity index (χ1n) is 8.54. The van der Waals surface area contributed by atoms with Crippen LogP contribution in [0.5, 0.6) is 11.5 Å². The summed E-state index contributed by atoms with van der Waals surface area (Å²) in [5, 5.41) is 2.51. The first-order chi connectivity index (χ1) is 13.4. The molecule has 3 rings (SSSR count). The maximum Gasteiger partial charge on any atom is 0.328 e. The predicted octanol–water partition coefficient (Wildman–Crippen LogP) is 4.09. The summed E-state index contributed by atoms with van der Waals surface area (Å²) in [6.45, 7) is 2.25. The summed E-state index contributed by atoms with van der Waals surface area (Å²) in [6, 6.07) is 9.30. The smallest absolute Gasteiger partial charge is 0.328 e. The fourth-order valence-electron chi connectivity index (χ4n) is 2.63. The lowest BCUT2D eigenvalue weighted by Crippen LogP contribution is -2.25. The Hall–Kier alpha value is -2.87. The lowest BCUT2D eigenvalue weighted by atomic mass is 10.1. The van der Waals surface area contributed by atoms with Gasteiger partial charge in [0.25, 0.3) is 5.91 Å². The summed E-state index contributed by atoms with van der Waals surface area (Å²) in [6.07, 6.45) is 1.55. The molecule has 1 fully saturated rings. The predicted molar refractivity (Wildman–Crippen MR) is 105 cm³/mol. The van der Waals surface area contributed by atoms with Gasteiger partial charge in [0.15, 0.2) is 11.5 Å². The van der Waals surface area contributed by atoms with E-state index in [4.69, 9.17) is 9.47 Å². The minimum absolute atomic E-state index is 0.0329. The first kappa shape index (κ1) is 19.9. The molecule has 8 heteroatoms. The highest BCUT2D eigenvalue weighted by molar-refractivity contribution is 9.10. The fraction of sp³-hybridized carbons (Fsp3) is 0.200. The number of rotatable bonds is 6. The highest BCUT2D eigenvalue weighted by atomic mass is 79.9. The zero-order chi connectivity index (χ0) is 20.3. The van der Waals surface area contributed by atoms with Crippen molar-refractivity contribution in [2.45, 2.75) is 13.5 Å². The van der Waals surface area contributed by atoms with Crippen LogP contribution in [0.2, 0.25) is 0 Å². The van der Waals surface area contributed by atoms with E-state index in [-0.39, 0.29) is 18.1 Å². The number of urea groups is 1. The Morgan fingerprint density at radius 2 is 1.96 bits per heavy atom.